The molecule has 182 valence electrons. The maximum Gasteiger partial charge on any atom is 0.337 e. The van der Waals surface area contributed by atoms with Crippen LogP contribution in [0.1, 0.15) is 62.2 Å². The van der Waals surface area contributed by atoms with Gasteiger partial charge in [0.15, 0.2) is 8.32 Å². The van der Waals surface area contributed by atoms with Gasteiger partial charge in [-0.25, -0.2) is 4.79 Å². The van der Waals surface area contributed by atoms with Gasteiger partial charge in [0.05, 0.1) is 18.8 Å². The number of carbonyl (C=O) groups excluding carboxylic acids is 1. The number of methoxy groups -OCH3 is 1. The molecular formula is C26H39NO5Si. The molecule has 0 aromatic heterocycles. The monoisotopic (exact) mass is 473 g/mol. The van der Waals surface area contributed by atoms with Crippen LogP contribution in [-0.4, -0.2) is 43.7 Å². The largest absolute Gasteiger partial charge is 0.508 e. The molecule has 0 fully saturated rings. The van der Waals surface area contributed by atoms with Crippen LogP contribution in [0.15, 0.2) is 42.5 Å². The van der Waals surface area contributed by atoms with E-state index in [0.29, 0.717) is 18.5 Å². The van der Waals surface area contributed by atoms with Gasteiger partial charge in [-0.1, -0.05) is 32.9 Å². The number of aromatic hydroxyl groups is 2. The number of esters is 1. The van der Waals surface area contributed by atoms with Crippen LogP contribution >= 0.6 is 0 Å². The molecule has 33 heavy (non-hydrogen) atoms. The van der Waals surface area contributed by atoms with Crippen molar-refractivity contribution in [2.24, 2.45) is 0 Å². The van der Waals surface area contributed by atoms with Crippen LogP contribution in [0.4, 0.5) is 0 Å². The standard InChI is InChI=1S/C26H39NO5Si/c1-25(2,3)33(7,8)32-23(20-13-21(28)15-22(29)14-20)17-27-26(4,5)16-18-10-9-11-19(12-18)24(30)31-6/h9-15,23,27-29H,16-17H2,1-8H3. The van der Waals surface area contributed by atoms with Crippen LogP contribution in [0.25, 0.3) is 0 Å². The molecule has 7 heteroatoms. The Balaban J connectivity index is 2.24. The summed E-state index contributed by atoms with van der Waals surface area (Å²) in [7, 11) is -0.758. The highest BCUT2D eigenvalue weighted by Crippen LogP contribution is 2.40. The number of phenols is 2. The van der Waals surface area contributed by atoms with Crippen LogP contribution in [0.3, 0.4) is 0 Å². The van der Waals surface area contributed by atoms with Crippen molar-refractivity contribution >= 4 is 14.3 Å². The van der Waals surface area contributed by atoms with Gasteiger partial charge in [0, 0.05) is 18.2 Å². The minimum atomic E-state index is -2.13. The highest BCUT2D eigenvalue weighted by atomic mass is 28.4. The van der Waals surface area contributed by atoms with Gasteiger partial charge in [0.25, 0.3) is 0 Å². The summed E-state index contributed by atoms with van der Waals surface area (Å²) < 4.78 is 11.5. The van der Waals surface area contributed by atoms with E-state index in [-0.39, 0.29) is 34.1 Å². The number of ether oxygens (including phenoxy) is 1. The highest BCUT2D eigenvalue weighted by Gasteiger charge is 2.40. The van der Waals surface area contributed by atoms with Gasteiger partial charge < -0.3 is 24.7 Å². The third-order valence-corrected chi connectivity index (χ3v) is 10.8. The van der Waals surface area contributed by atoms with Crippen molar-refractivity contribution in [1.82, 2.24) is 5.32 Å². The number of carbonyl (C=O) groups is 1. The van der Waals surface area contributed by atoms with Crippen molar-refractivity contribution in [2.75, 3.05) is 13.7 Å². The van der Waals surface area contributed by atoms with E-state index in [4.69, 9.17) is 9.16 Å². The molecule has 0 aliphatic rings. The Kier molecular flexibility index (Phi) is 8.38. The van der Waals surface area contributed by atoms with E-state index in [1.165, 1.54) is 13.2 Å². The zero-order valence-corrected chi connectivity index (χ0v) is 22.2. The third kappa shape index (κ3) is 7.59. The van der Waals surface area contributed by atoms with Crippen LogP contribution in [-0.2, 0) is 15.6 Å². The summed E-state index contributed by atoms with van der Waals surface area (Å²) in [5.41, 5.74) is 1.98. The van der Waals surface area contributed by atoms with Gasteiger partial charge in [-0.3, -0.25) is 0 Å². The van der Waals surface area contributed by atoms with E-state index in [2.05, 4.69) is 53.0 Å². The summed E-state index contributed by atoms with van der Waals surface area (Å²) in [5.74, 6) is -0.338. The van der Waals surface area contributed by atoms with Crippen molar-refractivity contribution in [3.8, 4) is 11.5 Å². The van der Waals surface area contributed by atoms with Gasteiger partial charge >= 0.3 is 5.97 Å². The van der Waals surface area contributed by atoms with Gasteiger partial charge in [0.1, 0.15) is 11.5 Å². The normalized spacial score (nSPS) is 13.6. The number of rotatable bonds is 9. The fraction of sp³-hybridized carbons (Fsp3) is 0.500. The average Bonchev–Trinajstić information content (AvgIpc) is 2.68. The number of phenolic OH excluding ortho intramolecular Hbond substituents is 2. The molecule has 0 aliphatic carbocycles. The summed E-state index contributed by atoms with van der Waals surface area (Å²) in [4.78, 5) is 11.9. The SMILES string of the molecule is COC(=O)c1cccc(CC(C)(C)NCC(O[Si](C)(C)C(C)(C)C)c2cc(O)cc(O)c2)c1. The first-order chi connectivity index (χ1) is 15.1. The number of hydrogen-bond acceptors (Lipinski definition) is 6. The molecule has 2 aromatic carbocycles. The molecule has 2 aromatic rings. The highest BCUT2D eigenvalue weighted by molar-refractivity contribution is 6.74. The first-order valence-electron chi connectivity index (χ1n) is 11.3. The molecule has 0 bridgehead atoms. The second-order valence-corrected chi connectivity index (χ2v) is 15.5. The second kappa shape index (κ2) is 10.3. The lowest BCUT2D eigenvalue weighted by atomic mass is 9.93. The average molecular weight is 474 g/mol. The topological polar surface area (TPSA) is 88.0 Å². The molecule has 0 aliphatic heterocycles. The molecule has 0 spiro atoms. The van der Waals surface area contributed by atoms with Crippen molar-refractivity contribution in [1.29, 1.82) is 0 Å². The lowest BCUT2D eigenvalue weighted by molar-refractivity contribution is 0.0600. The Morgan fingerprint density at radius 1 is 1.03 bits per heavy atom. The van der Waals surface area contributed by atoms with E-state index >= 15 is 0 Å². The van der Waals surface area contributed by atoms with Crippen LogP contribution < -0.4 is 5.32 Å². The van der Waals surface area contributed by atoms with Crippen LogP contribution in [0, 0.1) is 0 Å². The van der Waals surface area contributed by atoms with Gasteiger partial charge in [0.2, 0.25) is 0 Å². The summed E-state index contributed by atoms with van der Waals surface area (Å²) in [5, 5.41) is 23.7. The molecule has 1 unspecified atom stereocenters. The predicted molar refractivity (Wildman–Crippen MR) is 134 cm³/mol. The first kappa shape index (κ1) is 26.9. The summed E-state index contributed by atoms with van der Waals surface area (Å²) >= 11 is 0. The molecule has 0 radical (unpaired) electrons. The third-order valence-electron chi connectivity index (χ3n) is 6.30. The van der Waals surface area contributed by atoms with Crippen molar-refractivity contribution in [3.05, 3.63) is 59.2 Å². The molecule has 0 heterocycles. The quantitative estimate of drug-likeness (QED) is 0.326. The molecule has 3 N–H and O–H groups in total. The summed E-state index contributed by atoms with van der Waals surface area (Å²) in [6, 6.07) is 12.1. The smallest absolute Gasteiger partial charge is 0.337 e. The predicted octanol–water partition coefficient (Wildman–Crippen LogP) is 5.56. The van der Waals surface area contributed by atoms with Crippen LogP contribution in [0.5, 0.6) is 11.5 Å². The minimum Gasteiger partial charge on any atom is -0.508 e. The molecule has 1 atom stereocenters. The van der Waals surface area contributed by atoms with Crippen molar-refractivity contribution in [3.63, 3.8) is 0 Å². The number of nitrogens with one attached hydrogen (secondary N) is 1. The Hall–Kier alpha value is -2.35. The van der Waals surface area contributed by atoms with E-state index in [1.54, 1.807) is 18.2 Å². The summed E-state index contributed by atoms with van der Waals surface area (Å²) in [6.07, 6.45) is 0.347. The van der Waals surface area contributed by atoms with E-state index in [0.717, 1.165) is 11.1 Å². The molecule has 0 saturated carbocycles. The molecule has 0 amide bonds. The Morgan fingerprint density at radius 2 is 1.64 bits per heavy atom. The van der Waals surface area contributed by atoms with Crippen molar-refractivity contribution < 1.29 is 24.2 Å². The first-order valence-corrected chi connectivity index (χ1v) is 14.2. The fourth-order valence-electron chi connectivity index (χ4n) is 3.43. The fourth-order valence-corrected chi connectivity index (χ4v) is 4.72. The zero-order valence-electron chi connectivity index (χ0n) is 21.2. The minimum absolute atomic E-state index is 0.00715. The van der Waals surface area contributed by atoms with Gasteiger partial charge in [-0.15, -0.1) is 0 Å². The molecule has 2 rings (SSSR count). The van der Waals surface area contributed by atoms with Crippen LogP contribution in [0.2, 0.25) is 18.1 Å². The molecule has 0 saturated heterocycles. The maximum absolute atomic E-state index is 11.9. The molecule has 6 nitrogen and oxygen atoms in total. The Morgan fingerprint density at radius 3 is 2.18 bits per heavy atom. The van der Waals surface area contributed by atoms with E-state index in [9.17, 15) is 15.0 Å². The number of hydrogen-bond donors (Lipinski definition) is 3. The van der Waals surface area contributed by atoms with E-state index < -0.39 is 8.32 Å². The van der Waals surface area contributed by atoms with Crippen molar-refractivity contribution in [2.45, 2.75) is 70.8 Å². The second-order valence-electron chi connectivity index (χ2n) is 10.8. The van der Waals surface area contributed by atoms with E-state index in [1.807, 2.05) is 18.2 Å². The van der Waals surface area contributed by atoms with Gasteiger partial charge in [-0.05, 0) is 73.8 Å². The van der Waals surface area contributed by atoms with Gasteiger partial charge in [-0.2, -0.15) is 0 Å². The maximum atomic E-state index is 11.9. The number of benzene rings is 2. The lowest BCUT2D eigenvalue weighted by Gasteiger charge is -2.40. The molecular weight excluding hydrogens is 434 g/mol. The zero-order chi connectivity index (χ0) is 25.0. The Bertz CT molecular complexity index is 945. The lowest BCUT2D eigenvalue weighted by Crippen LogP contribution is -2.47. The summed E-state index contributed by atoms with van der Waals surface area (Å²) in [6.45, 7) is 15.6. The Labute approximate surface area is 199 Å².